The number of fused-ring (bicyclic) bond motifs is 1. The number of hydrogen-bond acceptors (Lipinski definition) is 5. The highest BCUT2D eigenvalue weighted by Crippen LogP contribution is 2.37. The lowest BCUT2D eigenvalue weighted by atomic mass is 10.2. The van der Waals surface area contributed by atoms with Crippen LogP contribution >= 0.6 is 34.4 Å². The fourth-order valence-electron chi connectivity index (χ4n) is 2.56. The second kappa shape index (κ2) is 6.74. The third kappa shape index (κ3) is 3.15. The molecular weight excluding hydrogens is 375 g/mol. The van der Waals surface area contributed by atoms with E-state index in [-0.39, 0.29) is 16.6 Å². The first-order chi connectivity index (χ1) is 12.1. The van der Waals surface area contributed by atoms with Crippen molar-refractivity contribution < 1.29 is 4.39 Å². The lowest BCUT2D eigenvalue weighted by Gasteiger charge is -2.11. The quantitative estimate of drug-likeness (QED) is 0.456. The highest BCUT2D eigenvalue weighted by Gasteiger charge is 2.17. The van der Waals surface area contributed by atoms with Crippen LogP contribution in [0, 0.1) is 5.82 Å². The van der Waals surface area contributed by atoms with E-state index in [4.69, 9.17) is 0 Å². The van der Waals surface area contributed by atoms with E-state index in [9.17, 15) is 9.18 Å². The van der Waals surface area contributed by atoms with Gasteiger partial charge in [0.2, 0.25) is 0 Å². The summed E-state index contributed by atoms with van der Waals surface area (Å²) in [6.07, 6.45) is 0. The second-order valence-electron chi connectivity index (χ2n) is 5.45. The maximum absolute atomic E-state index is 13.8. The first-order valence-electron chi connectivity index (χ1n) is 7.60. The third-order valence-corrected chi connectivity index (χ3v) is 6.71. The molecule has 126 valence electrons. The number of nitrogens with one attached hydrogen (secondary N) is 1. The fraction of sp³-hybridized carbons (Fsp3) is 0.111. The Hall–Kier alpha value is -1.96. The van der Waals surface area contributed by atoms with Crippen molar-refractivity contribution in [2.75, 3.05) is 0 Å². The molecule has 1 N–H and O–H groups in total. The molecule has 3 aromatic heterocycles. The molecule has 0 aliphatic heterocycles. The number of rotatable bonds is 4. The van der Waals surface area contributed by atoms with Gasteiger partial charge in [-0.1, -0.05) is 18.2 Å². The smallest absolute Gasteiger partial charge is 0.260 e. The standard InChI is InChI=1S/C18H13FN2OS3/c1-10(25-14-6-3-2-5-12(14)19)16-20-17(22)15-11(9-24-18(15)21-16)13-7-4-8-23-13/h2-10H,1H3,(H,20,21,22)/t10-/m1/s1. The summed E-state index contributed by atoms with van der Waals surface area (Å²) in [6, 6.07) is 10.6. The molecule has 3 nitrogen and oxygen atoms in total. The first-order valence-corrected chi connectivity index (χ1v) is 10.2. The molecule has 0 amide bonds. The van der Waals surface area contributed by atoms with Crippen LogP contribution in [0.1, 0.15) is 18.0 Å². The van der Waals surface area contributed by atoms with Gasteiger partial charge in [-0.2, -0.15) is 0 Å². The van der Waals surface area contributed by atoms with E-state index < -0.39 is 0 Å². The summed E-state index contributed by atoms with van der Waals surface area (Å²) in [5.74, 6) is 0.296. The van der Waals surface area contributed by atoms with E-state index in [0.717, 1.165) is 10.4 Å². The number of thioether (sulfide) groups is 1. The summed E-state index contributed by atoms with van der Waals surface area (Å²) in [5.41, 5.74) is 0.773. The van der Waals surface area contributed by atoms with Crippen LogP contribution in [0.25, 0.3) is 20.7 Å². The van der Waals surface area contributed by atoms with Gasteiger partial charge >= 0.3 is 0 Å². The number of nitrogens with zero attached hydrogens (tertiary/aromatic N) is 1. The van der Waals surface area contributed by atoms with Crippen molar-refractivity contribution in [2.24, 2.45) is 0 Å². The second-order valence-corrected chi connectivity index (χ2v) is 8.64. The van der Waals surface area contributed by atoms with Gasteiger partial charge in [-0.3, -0.25) is 4.79 Å². The van der Waals surface area contributed by atoms with Crippen molar-refractivity contribution in [1.29, 1.82) is 0 Å². The van der Waals surface area contributed by atoms with Gasteiger partial charge in [0.05, 0.1) is 10.6 Å². The van der Waals surface area contributed by atoms with Gasteiger partial charge in [-0.05, 0) is 30.5 Å². The summed E-state index contributed by atoms with van der Waals surface area (Å²) >= 11 is 4.40. The van der Waals surface area contributed by atoms with E-state index in [0.29, 0.717) is 20.9 Å². The van der Waals surface area contributed by atoms with E-state index in [1.807, 2.05) is 29.8 Å². The van der Waals surface area contributed by atoms with Crippen LogP contribution in [0.5, 0.6) is 0 Å². The van der Waals surface area contributed by atoms with Crippen LogP contribution in [0.2, 0.25) is 0 Å². The molecule has 0 fully saturated rings. The Morgan fingerprint density at radius 3 is 2.80 bits per heavy atom. The summed E-state index contributed by atoms with van der Waals surface area (Å²) in [5, 5.41) is 4.42. The van der Waals surface area contributed by atoms with Crippen molar-refractivity contribution >= 4 is 44.7 Å². The summed E-state index contributed by atoms with van der Waals surface area (Å²) in [7, 11) is 0. The number of thiophene rings is 2. The van der Waals surface area contributed by atoms with Crippen molar-refractivity contribution in [1.82, 2.24) is 9.97 Å². The van der Waals surface area contributed by atoms with Gasteiger partial charge in [0.1, 0.15) is 16.5 Å². The molecule has 0 spiro atoms. The molecule has 1 aromatic carbocycles. The molecule has 3 heterocycles. The molecule has 4 aromatic rings. The topological polar surface area (TPSA) is 45.8 Å². The van der Waals surface area contributed by atoms with E-state index >= 15 is 0 Å². The number of H-pyrrole nitrogens is 1. The zero-order chi connectivity index (χ0) is 17.4. The molecular formula is C18H13FN2OS3. The average molecular weight is 389 g/mol. The Morgan fingerprint density at radius 1 is 1.20 bits per heavy atom. The largest absolute Gasteiger partial charge is 0.309 e. The molecule has 0 radical (unpaired) electrons. The van der Waals surface area contributed by atoms with Crippen LogP contribution in [-0.2, 0) is 0 Å². The number of halogens is 1. The van der Waals surface area contributed by atoms with Crippen molar-refractivity contribution in [3.8, 4) is 10.4 Å². The third-order valence-electron chi connectivity index (χ3n) is 3.77. The van der Waals surface area contributed by atoms with Crippen molar-refractivity contribution in [2.45, 2.75) is 17.1 Å². The molecule has 25 heavy (non-hydrogen) atoms. The minimum absolute atomic E-state index is 0.148. The molecule has 0 aliphatic carbocycles. The Kier molecular flexibility index (Phi) is 4.45. The minimum atomic E-state index is -0.265. The van der Waals surface area contributed by atoms with E-state index in [1.165, 1.54) is 29.2 Å². The monoisotopic (exact) mass is 388 g/mol. The maximum atomic E-state index is 13.8. The van der Waals surface area contributed by atoms with Gasteiger partial charge in [-0.15, -0.1) is 34.4 Å². The lowest BCUT2D eigenvalue weighted by molar-refractivity contribution is 0.601. The van der Waals surface area contributed by atoms with Crippen LogP contribution in [0.15, 0.2) is 56.8 Å². The van der Waals surface area contributed by atoms with Crippen LogP contribution < -0.4 is 5.56 Å². The molecule has 0 aliphatic rings. The van der Waals surface area contributed by atoms with Crippen LogP contribution in [0.3, 0.4) is 0 Å². The Morgan fingerprint density at radius 2 is 2.04 bits per heavy atom. The highest BCUT2D eigenvalue weighted by atomic mass is 32.2. The molecule has 0 unspecified atom stereocenters. The first kappa shape index (κ1) is 16.5. The summed E-state index contributed by atoms with van der Waals surface area (Å²) in [6.45, 7) is 1.91. The van der Waals surface area contributed by atoms with Crippen molar-refractivity contribution in [3.63, 3.8) is 0 Å². The van der Waals surface area contributed by atoms with Gasteiger partial charge in [0.15, 0.2) is 0 Å². The zero-order valence-electron chi connectivity index (χ0n) is 13.2. The van der Waals surface area contributed by atoms with Crippen LogP contribution in [0.4, 0.5) is 4.39 Å². The number of benzene rings is 1. The SMILES string of the molecule is C[C@@H](Sc1ccccc1F)c1nc2scc(-c3cccs3)c2c(=O)[nH]1. The maximum Gasteiger partial charge on any atom is 0.260 e. The summed E-state index contributed by atoms with van der Waals surface area (Å²) < 4.78 is 13.8. The molecule has 0 bridgehead atoms. The minimum Gasteiger partial charge on any atom is -0.309 e. The lowest BCUT2D eigenvalue weighted by Crippen LogP contribution is -2.12. The molecule has 0 saturated heterocycles. The Balaban J connectivity index is 1.72. The number of hydrogen-bond donors (Lipinski definition) is 1. The molecule has 1 atom stereocenters. The molecule has 0 saturated carbocycles. The fourth-order valence-corrected chi connectivity index (χ4v) is 5.27. The Labute approximate surface area is 155 Å². The zero-order valence-corrected chi connectivity index (χ0v) is 15.6. The highest BCUT2D eigenvalue weighted by molar-refractivity contribution is 7.99. The normalized spacial score (nSPS) is 12.6. The average Bonchev–Trinajstić information content (AvgIpc) is 3.25. The van der Waals surface area contributed by atoms with Crippen LogP contribution in [-0.4, -0.2) is 9.97 Å². The van der Waals surface area contributed by atoms with Gasteiger partial charge in [0.25, 0.3) is 5.56 Å². The van der Waals surface area contributed by atoms with E-state index in [1.54, 1.807) is 29.5 Å². The Bertz CT molecular complexity index is 1090. The molecule has 4 rings (SSSR count). The molecule has 7 heteroatoms. The predicted octanol–water partition coefficient (Wildman–Crippen LogP) is 5.71. The van der Waals surface area contributed by atoms with Gasteiger partial charge in [-0.25, -0.2) is 9.37 Å². The number of aromatic amines is 1. The predicted molar refractivity (Wildman–Crippen MR) is 104 cm³/mol. The van der Waals surface area contributed by atoms with Gasteiger partial charge < -0.3 is 4.98 Å². The van der Waals surface area contributed by atoms with Gasteiger partial charge in [0, 0.05) is 20.7 Å². The van der Waals surface area contributed by atoms with E-state index in [2.05, 4.69) is 9.97 Å². The number of aromatic nitrogens is 2. The summed E-state index contributed by atoms with van der Waals surface area (Å²) in [4.78, 5) is 22.4. The van der Waals surface area contributed by atoms with Crippen molar-refractivity contribution in [3.05, 3.63) is 69.2 Å².